The van der Waals surface area contributed by atoms with Gasteiger partial charge in [-0.3, -0.25) is 0 Å². The molecule has 0 saturated carbocycles. The van der Waals surface area contributed by atoms with Crippen LogP contribution in [0.1, 0.15) is 15.9 Å². The maximum atomic E-state index is 13.3. The SMILES string of the molecule is O=C(OCc1c(F)c(F)c(F)c(F)c1F)c1ccccc1F. The van der Waals surface area contributed by atoms with Gasteiger partial charge in [0.15, 0.2) is 23.3 Å². The van der Waals surface area contributed by atoms with E-state index in [1.807, 2.05) is 0 Å². The third-order valence-electron chi connectivity index (χ3n) is 2.74. The van der Waals surface area contributed by atoms with Gasteiger partial charge in [-0.05, 0) is 12.1 Å². The highest BCUT2D eigenvalue weighted by Gasteiger charge is 2.26. The first-order chi connectivity index (χ1) is 10.3. The molecule has 0 radical (unpaired) electrons. The van der Waals surface area contributed by atoms with Crippen LogP contribution in [0.3, 0.4) is 0 Å². The fourth-order valence-corrected chi connectivity index (χ4v) is 1.62. The zero-order valence-electron chi connectivity index (χ0n) is 10.6. The summed E-state index contributed by atoms with van der Waals surface area (Å²) in [5.41, 5.74) is -1.85. The number of hydrogen-bond donors (Lipinski definition) is 0. The van der Waals surface area contributed by atoms with E-state index in [1.165, 1.54) is 12.1 Å². The third-order valence-corrected chi connectivity index (χ3v) is 2.74. The van der Waals surface area contributed by atoms with Crippen molar-refractivity contribution in [3.63, 3.8) is 0 Å². The highest BCUT2D eigenvalue weighted by Crippen LogP contribution is 2.24. The zero-order valence-corrected chi connectivity index (χ0v) is 10.6. The summed E-state index contributed by atoms with van der Waals surface area (Å²) in [7, 11) is 0. The van der Waals surface area contributed by atoms with Crippen molar-refractivity contribution in [3.05, 3.63) is 70.3 Å². The van der Waals surface area contributed by atoms with Crippen LogP contribution in [-0.2, 0) is 11.3 Å². The first-order valence-corrected chi connectivity index (χ1v) is 5.76. The van der Waals surface area contributed by atoms with E-state index in [4.69, 9.17) is 0 Å². The van der Waals surface area contributed by atoms with Gasteiger partial charge in [0.25, 0.3) is 0 Å². The van der Waals surface area contributed by atoms with Crippen molar-refractivity contribution in [1.82, 2.24) is 0 Å². The van der Waals surface area contributed by atoms with Crippen LogP contribution in [0, 0.1) is 34.9 Å². The highest BCUT2D eigenvalue weighted by atomic mass is 19.2. The first-order valence-electron chi connectivity index (χ1n) is 5.76. The van der Waals surface area contributed by atoms with Crippen molar-refractivity contribution in [2.75, 3.05) is 0 Å². The second-order valence-corrected chi connectivity index (χ2v) is 4.10. The Balaban J connectivity index is 2.26. The van der Waals surface area contributed by atoms with Crippen molar-refractivity contribution >= 4 is 5.97 Å². The quantitative estimate of drug-likeness (QED) is 0.371. The molecule has 0 saturated heterocycles. The molecule has 22 heavy (non-hydrogen) atoms. The number of hydrogen-bond acceptors (Lipinski definition) is 2. The average Bonchev–Trinajstić information content (AvgIpc) is 2.51. The third kappa shape index (κ3) is 2.76. The molecule has 0 atom stereocenters. The molecular weight excluding hydrogens is 314 g/mol. The van der Waals surface area contributed by atoms with Crippen LogP contribution >= 0.6 is 0 Å². The van der Waals surface area contributed by atoms with Crippen LogP contribution in [0.2, 0.25) is 0 Å². The average molecular weight is 320 g/mol. The summed E-state index contributed by atoms with van der Waals surface area (Å²) in [5.74, 6) is -13.1. The summed E-state index contributed by atoms with van der Waals surface area (Å²) in [4.78, 5) is 11.5. The molecule has 2 nitrogen and oxygen atoms in total. The molecule has 0 bridgehead atoms. The normalized spacial score (nSPS) is 10.6. The lowest BCUT2D eigenvalue weighted by molar-refractivity contribution is 0.0456. The molecule has 0 aromatic heterocycles. The van der Waals surface area contributed by atoms with Gasteiger partial charge in [-0.25, -0.2) is 31.1 Å². The molecule has 0 aliphatic carbocycles. The number of benzene rings is 2. The Hall–Kier alpha value is -2.51. The Morgan fingerprint density at radius 3 is 1.86 bits per heavy atom. The van der Waals surface area contributed by atoms with E-state index in [2.05, 4.69) is 4.74 Å². The minimum absolute atomic E-state index is 0.536. The maximum absolute atomic E-state index is 13.3. The summed E-state index contributed by atoms with van der Waals surface area (Å²) < 4.78 is 83.1. The molecular formula is C14H6F6O2. The summed E-state index contributed by atoms with van der Waals surface area (Å²) in [6.07, 6.45) is 0. The molecule has 0 spiro atoms. The van der Waals surface area contributed by atoms with Crippen LogP contribution < -0.4 is 0 Å². The lowest BCUT2D eigenvalue weighted by Gasteiger charge is -2.09. The van der Waals surface area contributed by atoms with Crippen molar-refractivity contribution in [3.8, 4) is 0 Å². The van der Waals surface area contributed by atoms with Crippen molar-refractivity contribution in [1.29, 1.82) is 0 Å². The number of carbonyl (C=O) groups excluding carboxylic acids is 1. The summed E-state index contributed by atoms with van der Waals surface area (Å²) in [6, 6.07) is 4.57. The molecule has 2 aromatic rings. The fraction of sp³-hybridized carbons (Fsp3) is 0.0714. The molecule has 116 valence electrons. The number of halogens is 6. The summed E-state index contributed by atoms with van der Waals surface area (Å²) in [5, 5.41) is 0. The largest absolute Gasteiger partial charge is 0.457 e. The smallest absolute Gasteiger partial charge is 0.341 e. The number of esters is 1. The Bertz CT molecular complexity index is 715. The van der Waals surface area contributed by atoms with E-state index in [9.17, 15) is 31.1 Å². The van der Waals surface area contributed by atoms with Gasteiger partial charge >= 0.3 is 5.97 Å². The molecule has 2 aromatic carbocycles. The Kier molecular flexibility index (Phi) is 4.39. The van der Waals surface area contributed by atoms with E-state index in [1.54, 1.807) is 0 Å². The minimum atomic E-state index is -2.32. The van der Waals surface area contributed by atoms with E-state index >= 15 is 0 Å². The van der Waals surface area contributed by atoms with Crippen LogP contribution in [-0.4, -0.2) is 5.97 Å². The number of ether oxygens (including phenoxy) is 1. The van der Waals surface area contributed by atoms with Crippen molar-refractivity contribution in [2.45, 2.75) is 6.61 Å². The number of rotatable bonds is 3. The van der Waals surface area contributed by atoms with Crippen LogP contribution in [0.5, 0.6) is 0 Å². The van der Waals surface area contributed by atoms with Gasteiger partial charge in [-0.2, -0.15) is 0 Å². The summed E-state index contributed by atoms with van der Waals surface area (Å²) in [6.45, 7) is -1.24. The topological polar surface area (TPSA) is 26.3 Å². The van der Waals surface area contributed by atoms with Gasteiger partial charge in [0.1, 0.15) is 12.4 Å². The van der Waals surface area contributed by atoms with Crippen molar-refractivity contribution < 1.29 is 35.9 Å². The van der Waals surface area contributed by atoms with E-state index in [-0.39, 0.29) is 0 Å². The first kappa shape index (κ1) is 15.9. The molecule has 0 aliphatic rings. The van der Waals surface area contributed by atoms with E-state index in [0.717, 1.165) is 12.1 Å². The van der Waals surface area contributed by atoms with Gasteiger partial charge in [0.2, 0.25) is 5.82 Å². The van der Waals surface area contributed by atoms with Gasteiger partial charge in [0, 0.05) is 0 Å². The Morgan fingerprint density at radius 1 is 0.818 bits per heavy atom. The fourth-order valence-electron chi connectivity index (χ4n) is 1.62. The van der Waals surface area contributed by atoms with E-state index in [0.29, 0.717) is 0 Å². The number of carbonyl (C=O) groups is 1. The molecule has 2 rings (SSSR count). The Labute approximate surface area is 119 Å². The molecule has 0 unspecified atom stereocenters. The maximum Gasteiger partial charge on any atom is 0.341 e. The predicted molar refractivity (Wildman–Crippen MR) is 61.8 cm³/mol. The minimum Gasteiger partial charge on any atom is -0.457 e. The van der Waals surface area contributed by atoms with Gasteiger partial charge in [-0.15, -0.1) is 0 Å². The van der Waals surface area contributed by atoms with Gasteiger partial charge in [-0.1, -0.05) is 12.1 Å². The van der Waals surface area contributed by atoms with Crippen LogP contribution in [0.15, 0.2) is 24.3 Å². The highest BCUT2D eigenvalue weighted by molar-refractivity contribution is 5.89. The second kappa shape index (κ2) is 6.08. The predicted octanol–water partition coefficient (Wildman–Crippen LogP) is 3.88. The lowest BCUT2D eigenvalue weighted by Crippen LogP contribution is -2.12. The van der Waals surface area contributed by atoms with Crippen molar-refractivity contribution in [2.24, 2.45) is 0 Å². The standard InChI is InChI=1S/C14H6F6O2/c15-8-4-2-1-3-6(8)14(21)22-5-7-9(16)11(18)13(20)12(19)10(7)17/h1-4H,5H2. The molecule has 0 heterocycles. The second-order valence-electron chi connectivity index (χ2n) is 4.10. The van der Waals surface area contributed by atoms with Crippen LogP contribution in [0.25, 0.3) is 0 Å². The van der Waals surface area contributed by atoms with Crippen LogP contribution in [0.4, 0.5) is 26.3 Å². The monoisotopic (exact) mass is 320 g/mol. The summed E-state index contributed by atoms with van der Waals surface area (Å²) >= 11 is 0. The van der Waals surface area contributed by atoms with Gasteiger partial charge < -0.3 is 4.74 Å². The molecule has 8 heteroatoms. The van der Waals surface area contributed by atoms with Gasteiger partial charge in [0.05, 0.1) is 11.1 Å². The lowest BCUT2D eigenvalue weighted by atomic mass is 10.1. The molecule has 0 amide bonds. The molecule has 0 fully saturated rings. The Morgan fingerprint density at radius 2 is 1.32 bits per heavy atom. The van der Waals surface area contributed by atoms with E-state index < -0.39 is 58.6 Å². The zero-order chi connectivity index (χ0) is 16.4. The molecule has 0 aliphatic heterocycles. The molecule has 0 N–H and O–H groups in total.